The molecule has 2 aromatic carbocycles. The van der Waals surface area contributed by atoms with E-state index >= 15 is 0 Å². The average molecular weight is 396 g/mol. The normalized spacial score (nSPS) is 18.3. The topological polar surface area (TPSA) is 64.0 Å². The zero-order valence-electron chi connectivity index (χ0n) is 16.4. The lowest BCUT2D eigenvalue weighted by molar-refractivity contribution is 0.263. The number of hydrogen-bond acceptors (Lipinski definition) is 4. The minimum Gasteiger partial charge on any atom is -0.362 e. The van der Waals surface area contributed by atoms with Crippen molar-refractivity contribution >= 4 is 15.7 Å². The van der Waals surface area contributed by atoms with Crippen molar-refractivity contribution in [3.8, 4) is 0 Å². The summed E-state index contributed by atoms with van der Waals surface area (Å²) in [5.41, 5.74) is 2.74. The third kappa shape index (κ3) is 3.44. The van der Waals surface area contributed by atoms with Crippen molar-refractivity contribution in [1.29, 1.82) is 0 Å². The summed E-state index contributed by atoms with van der Waals surface area (Å²) in [6.45, 7) is 6.18. The molecule has 2 heterocycles. The van der Waals surface area contributed by atoms with Crippen LogP contribution in [0.4, 0.5) is 5.82 Å². The predicted molar refractivity (Wildman–Crippen MR) is 111 cm³/mol. The molecule has 4 rings (SSSR count). The first-order valence-corrected chi connectivity index (χ1v) is 11.1. The largest absolute Gasteiger partial charge is 0.362 e. The molecule has 146 valence electrons. The van der Waals surface area contributed by atoms with E-state index in [0.717, 1.165) is 23.1 Å². The summed E-state index contributed by atoms with van der Waals surface area (Å²) in [6, 6.07) is 17.8. The highest BCUT2D eigenvalue weighted by Crippen LogP contribution is 2.41. The van der Waals surface area contributed by atoms with E-state index in [1.165, 1.54) is 6.20 Å². The van der Waals surface area contributed by atoms with Crippen LogP contribution >= 0.6 is 0 Å². The van der Waals surface area contributed by atoms with E-state index < -0.39 is 9.84 Å². The molecule has 6 heteroatoms. The number of hydrogen-bond donors (Lipinski definition) is 1. The number of aromatic nitrogens is 2. The minimum absolute atomic E-state index is 0.0359. The molecule has 0 saturated heterocycles. The van der Waals surface area contributed by atoms with Gasteiger partial charge in [-0.1, -0.05) is 60.2 Å². The van der Waals surface area contributed by atoms with Crippen LogP contribution in [0.15, 0.2) is 65.7 Å². The zero-order valence-corrected chi connectivity index (χ0v) is 17.2. The molecular weight excluding hydrogens is 370 g/mol. The second-order valence-electron chi connectivity index (χ2n) is 8.14. The van der Waals surface area contributed by atoms with E-state index in [2.05, 4.69) is 36.4 Å². The number of rotatable bonds is 4. The summed E-state index contributed by atoms with van der Waals surface area (Å²) in [4.78, 5) is 0.266. The van der Waals surface area contributed by atoms with Gasteiger partial charge in [0.15, 0.2) is 9.84 Å². The second kappa shape index (κ2) is 6.78. The van der Waals surface area contributed by atoms with Crippen molar-refractivity contribution in [2.75, 3.05) is 5.32 Å². The van der Waals surface area contributed by atoms with Gasteiger partial charge in [0.2, 0.25) is 0 Å². The summed E-state index contributed by atoms with van der Waals surface area (Å²) in [5.74, 6) is 0.543. The molecule has 5 nitrogen and oxygen atoms in total. The summed E-state index contributed by atoms with van der Waals surface area (Å²) in [7, 11) is -3.53. The lowest BCUT2D eigenvalue weighted by Gasteiger charge is -2.38. The lowest BCUT2D eigenvalue weighted by Crippen LogP contribution is -2.38. The van der Waals surface area contributed by atoms with E-state index in [9.17, 15) is 8.42 Å². The van der Waals surface area contributed by atoms with Gasteiger partial charge in [-0.2, -0.15) is 5.10 Å². The molecule has 1 aromatic heterocycles. The van der Waals surface area contributed by atoms with Gasteiger partial charge in [-0.05, 0) is 38.3 Å². The molecule has 3 aromatic rings. The van der Waals surface area contributed by atoms with Crippen molar-refractivity contribution in [2.24, 2.45) is 0 Å². The van der Waals surface area contributed by atoms with Crippen LogP contribution in [-0.4, -0.2) is 18.2 Å². The number of sulfone groups is 1. The summed E-state index contributed by atoms with van der Waals surface area (Å²) in [5, 5.41) is 7.87. The van der Waals surface area contributed by atoms with Gasteiger partial charge in [0, 0.05) is 0 Å². The van der Waals surface area contributed by atoms with Gasteiger partial charge in [-0.3, -0.25) is 0 Å². The Morgan fingerprint density at radius 2 is 1.79 bits per heavy atom. The highest BCUT2D eigenvalue weighted by molar-refractivity contribution is 7.90. The second-order valence-corrected chi connectivity index (χ2v) is 10.1. The minimum atomic E-state index is -3.53. The molecule has 1 aliphatic heterocycles. The van der Waals surface area contributed by atoms with Gasteiger partial charge in [0.05, 0.1) is 23.5 Å². The monoisotopic (exact) mass is 395 g/mol. The first kappa shape index (κ1) is 18.7. The maximum Gasteiger partial charge on any atom is 0.187 e. The number of benzene rings is 2. The molecule has 1 N–H and O–H groups in total. The smallest absolute Gasteiger partial charge is 0.187 e. The number of nitrogens with zero attached hydrogens (tertiary/aromatic N) is 2. The first-order chi connectivity index (χ1) is 13.3. The molecule has 0 bridgehead atoms. The van der Waals surface area contributed by atoms with Gasteiger partial charge < -0.3 is 5.32 Å². The Balaban J connectivity index is 1.71. The molecule has 0 saturated carbocycles. The van der Waals surface area contributed by atoms with Crippen LogP contribution in [0, 0.1) is 6.92 Å². The van der Waals surface area contributed by atoms with Crippen molar-refractivity contribution < 1.29 is 8.42 Å². The van der Waals surface area contributed by atoms with Crippen molar-refractivity contribution in [3.63, 3.8) is 0 Å². The number of fused-ring (bicyclic) bond motifs is 1. The first-order valence-electron chi connectivity index (χ1n) is 9.44. The maximum absolute atomic E-state index is 13.2. The molecular formula is C22H25N3O2S. The van der Waals surface area contributed by atoms with Gasteiger partial charge in [-0.15, -0.1) is 0 Å². The number of anilines is 1. The molecule has 0 amide bonds. The molecule has 0 fully saturated rings. The third-order valence-electron chi connectivity index (χ3n) is 5.34. The van der Waals surface area contributed by atoms with Crippen LogP contribution in [0.3, 0.4) is 0 Å². The Bertz CT molecular complexity index is 1080. The Morgan fingerprint density at radius 1 is 1.11 bits per heavy atom. The van der Waals surface area contributed by atoms with E-state index in [0.29, 0.717) is 5.82 Å². The van der Waals surface area contributed by atoms with E-state index in [-0.39, 0.29) is 22.2 Å². The van der Waals surface area contributed by atoms with Crippen LogP contribution in [0.5, 0.6) is 0 Å². The van der Waals surface area contributed by atoms with Crippen LogP contribution in [-0.2, 0) is 21.1 Å². The Hall–Kier alpha value is -2.60. The van der Waals surface area contributed by atoms with Crippen molar-refractivity contribution in [3.05, 3.63) is 77.5 Å². The predicted octanol–water partition coefficient (Wildman–Crippen LogP) is 4.46. The molecule has 1 atom stereocenters. The van der Waals surface area contributed by atoms with Gasteiger partial charge >= 0.3 is 0 Å². The fourth-order valence-electron chi connectivity index (χ4n) is 3.82. The SMILES string of the molecule is Cc1ccc(CS(=O)(=O)c2cnn3c2N[C@H](c2ccccc2)CC3(C)C)cc1. The Kier molecular flexibility index (Phi) is 4.54. The van der Waals surface area contributed by atoms with Crippen LogP contribution in [0.1, 0.15) is 43.0 Å². The van der Waals surface area contributed by atoms with Gasteiger partial charge in [0.25, 0.3) is 0 Å². The number of nitrogens with one attached hydrogen (secondary N) is 1. The molecule has 28 heavy (non-hydrogen) atoms. The van der Waals surface area contributed by atoms with Gasteiger partial charge in [0.1, 0.15) is 10.7 Å². The zero-order chi connectivity index (χ0) is 19.9. The van der Waals surface area contributed by atoms with E-state index in [4.69, 9.17) is 0 Å². The standard InChI is InChI=1S/C22H25N3O2S/c1-16-9-11-17(12-10-16)15-28(26,27)20-14-23-25-21(20)24-19(13-22(25,2)3)18-7-5-4-6-8-18/h4-12,14,19,24H,13,15H2,1-3H3/t19-/m0/s1. The molecule has 0 aliphatic carbocycles. The fraction of sp³-hybridized carbons (Fsp3) is 0.318. The van der Waals surface area contributed by atoms with Crippen molar-refractivity contribution in [2.45, 2.75) is 49.4 Å². The summed E-state index contributed by atoms with van der Waals surface area (Å²) < 4.78 is 28.2. The molecule has 0 unspecified atom stereocenters. The van der Waals surface area contributed by atoms with Crippen LogP contribution < -0.4 is 5.32 Å². The number of aryl methyl sites for hydroxylation is 1. The van der Waals surface area contributed by atoms with Crippen molar-refractivity contribution in [1.82, 2.24) is 9.78 Å². The van der Waals surface area contributed by atoms with E-state index in [1.807, 2.05) is 54.1 Å². The Morgan fingerprint density at radius 3 is 2.46 bits per heavy atom. The van der Waals surface area contributed by atoms with Crippen LogP contribution in [0.25, 0.3) is 0 Å². The lowest BCUT2D eigenvalue weighted by atomic mass is 9.89. The summed E-state index contributed by atoms with van der Waals surface area (Å²) >= 11 is 0. The van der Waals surface area contributed by atoms with Crippen LogP contribution in [0.2, 0.25) is 0 Å². The average Bonchev–Trinajstić information content (AvgIpc) is 3.10. The molecule has 0 radical (unpaired) electrons. The quantitative estimate of drug-likeness (QED) is 0.708. The molecule has 1 aliphatic rings. The van der Waals surface area contributed by atoms with E-state index in [1.54, 1.807) is 0 Å². The highest BCUT2D eigenvalue weighted by atomic mass is 32.2. The Labute approximate surface area is 166 Å². The highest BCUT2D eigenvalue weighted by Gasteiger charge is 2.37. The maximum atomic E-state index is 13.2. The van der Waals surface area contributed by atoms with Gasteiger partial charge in [-0.25, -0.2) is 13.1 Å². The summed E-state index contributed by atoms with van der Waals surface area (Å²) in [6.07, 6.45) is 2.31. The third-order valence-corrected chi connectivity index (χ3v) is 7.02. The fourth-order valence-corrected chi connectivity index (χ4v) is 5.26. The molecule has 0 spiro atoms.